The zero-order chi connectivity index (χ0) is 13.6. The summed E-state index contributed by atoms with van der Waals surface area (Å²) in [6, 6.07) is 6.58. The molecule has 3 unspecified atom stereocenters. The van der Waals surface area contributed by atoms with Crippen LogP contribution in [0.3, 0.4) is 0 Å². The number of benzene rings is 1. The fourth-order valence-corrected chi connectivity index (χ4v) is 2.99. The lowest BCUT2D eigenvalue weighted by molar-refractivity contribution is 0.415. The lowest BCUT2D eigenvalue weighted by Crippen LogP contribution is -2.03. The summed E-state index contributed by atoms with van der Waals surface area (Å²) < 4.78 is 7.65. The van der Waals surface area contributed by atoms with Crippen molar-refractivity contribution >= 4 is 22.6 Å². The number of ether oxygens (including phenoxy) is 1. The minimum atomic E-state index is -0.0727. The Hall–Kier alpha value is -1.22. The maximum absolute atomic E-state index is 6.30. The lowest BCUT2D eigenvalue weighted by Gasteiger charge is -2.10. The zero-order valence-electron chi connectivity index (χ0n) is 11.6. The molecule has 1 fully saturated rings. The monoisotopic (exact) mass is 278 g/mol. The SMILES string of the molecule is CCC1CC1n1c(C(C)Cl)nc2ccc(OC)cc21. The van der Waals surface area contributed by atoms with Gasteiger partial charge in [0.15, 0.2) is 0 Å². The van der Waals surface area contributed by atoms with Crippen LogP contribution < -0.4 is 4.74 Å². The minimum Gasteiger partial charge on any atom is -0.497 e. The molecule has 0 N–H and O–H groups in total. The number of alkyl halides is 1. The van der Waals surface area contributed by atoms with Crippen LogP contribution in [-0.4, -0.2) is 16.7 Å². The first kappa shape index (κ1) is 12.8. The molecule has 3 rings (SSSR count). The first-order chi connectivity index (χ1) is 9.15. The Balaban J connectivity index is 2.16. The molecule has 1 aliphatic rings. The predicted octanol–water partition coefficient (Wildman–Crippen LogP) is 4.32. The van der Waals surface area contributed by atoms with Crippen molar-refractivity contribution in [1.29, 1.82) is 0 Å². The number of imidazole rings is 1. The van der Waals surface area contributed by atoms with Crippen LogP contribution >= 0.6 is 11.6 Å². The fourth-order valence-electron chi connectivity index (χ4n) is 2.83. The van der Waals surface area contributed by atoms with Gasteiger partial charge in [-0.2, -0.15) is 0 Å². The summed E-state index contributed by atoms with van der Waals surface area (Å²) in [5, 5.41) is -0.0727. The average Bonchev–Trinajstić information content (AvgIpc) is 3.09. The number of fused-ring (bicyclic) bond motifs is 1. The van der Waals surface area contributed by atoms with Crippen LogP contribution in [-0.2, 0) is 0 Å². The van der Waals surface area contributed by atoms with Crippen molar-refractivity contribution in [2.75, 3.05) is 7.11 Å². The van der Waals surface area contributed by atoms with Crippen LogP contribution in [0.25, 0.3) is 11.0 Å². The molecule has 1 aromatic carbocycles. The third-order valence-corrected chi connectivity index (χ3v) is 4.22. The number of nitrogens with zero attached hydrogens (tertiary/aromatic N) is 2. The van der Waals surface area contributed by atoms with Gasteiger partial charge in [0.25, 0.3) is 0 Å². The highest BCUT2D eigenvalue weighted by molar-refractivity contribution is 6.20. The van der Waals surface area contributed by atoms with E-state index in [1.807, 2.05) is 19.1 Å². The van der Waals surface area contributed by atoms with Gasteiger partial charge in [-0.3, -0.25) is 0 Å². The Morgan fingerprint density at radius 3 is 2.89 bits per heavy atom. The minimum absolute atomic E-state index is 0.0727. The third-order valence-electron chi connectivity index (χ3n) is 4.02. The van der Waals surface area contributed by atoms with Crippen LogP contribution in [0.4, 0.5) is 0 Å². The van der Waals surface area contributed by atoms with Crippen molar-refractivity contribution in [3.63, 3.8) is 0 Å². The van der Waals surface area contributed by atoms with Crippen molar-refractivity contribution in [1.82, 2.24) is 9.55 Å². The summed E-state index contributed by atoms with van der Waals surface area (Å²) >= 11 is 6.30. The van der Waals surface area contributed by atoms with Crippen LogP contribution in [0, 0.1) is 5.92 Å². The molecule has 4 heteroatoms. The first-order valence-corrected chi connectivity index (χ1v) is 7.29. The summed E-state index contributed by atoms with van der Waals surface area (Å²) in [5.74, 6) is 2.61. The third kappa shape index (κ3) is 2.10. The van der Waals surface area contributed by atoms with Gasteiger partial charge in [0, 0.05) is 12.1 Å². The molecule has 1 aliphatic carbocycles. The Morgan fingerprint density at radius 1 is 1.53 bits per heavy atom. The molecular formula is C15H19ClN2O. The molecule has 0 aliphatic heterocycles. The van der Waals surface area contributed by atoms with Gasteiger partial charge in [0.1, 0.15) is 11.6 Å². The van der Waals surface area contributed by atoms with E-state index in [4.69, 9.17) is 21.3 Å². The molecule has 2 aromatic rings. The molecule has 102 valence electrons. The highest BCUT2D eigenvalue weighted by Gasteiger charge is 2.39. The largest absolute Gasteiger partial charge is 0.497 e. The van der Waals surface area contributed by atoms with Gasteiger partial charge in [-0.1, -0.05) is 13.3 Å². The van der Waals surface area contributed by atoms with E-state index in [0.29, 0.717) is 6.04 Å². The van der Waals surface area contributed by atoms with Crippen LogP contribution in [0.15, 0.2) is 18.2 Å². The molecule has 0 radical (unpaired) electrons. The summed E-state index contributed by atoms with van der Waals surface area (Å²) in [4.78, 5) is 4.69. The van der Waals surface area contributed by atoms with Crippen LogP contribution in [0.1, 0.15) is 43.9 Å². The Labute approximate surface area is 118 Å². The second-order valence-electron chi connectivity index (χ2n) is 5.28. The Bertz CT molecular complexity index is 605. The highest BCUT2D eigenvalue weighted by Crippen LogP contribution is 2.48. The average molecular weight is 279 g/mol. The van der Waals surface area contributed by atoms with E-state index < -0.39 is 0 Å². The molecule has 1 saturated carbocycles. The molecule has 1 heterocycles. The van der Waals surface area contributed by atoms with E-state index in [9.17, 15) is 0 Å². The summed E-state index contributed by atoms with van der Waals surface area (Å²) in [5.41, 5.74) is 2.15. The second kappa shape index (κ2) is 4.71. The first-order valence-electron chi connectivity index (χ1n) is 6.85. The van der Waals surface area contributed by atoms with E-state index in [0.717, 1.165) is 28.5 Å². The van der Waals surface area contributed by atoms with E-state index in [2.05, 4.69) is 17.6 Å². The van der Waals surface area contributed by atoms with Crippen LogP contribution in [0.2, 0.25) is 0 Å². The van der Waals surface area contributed by atoms with Crippen molar-refractivity contribution < 1.29 is 4.74 Å². The van der Waals surface area contributed by atoms with Gasteiger partial charge in [0.2, 0.25) is 0 Å². The van der Waals surface area contributed by atoms with E-state index in [-0.39, 0.29) is 5.38 Å². The van der Waals surface area contributed by atoms with Crippen molar-refractivity contribution in [2.45, 2.75) is 38.1 Å². The molecule has 19 heavy (non-hydrogen) atoms. The maximum Gasteiger partial charge on any atom is 0.127 e. The normalized spacial score (nSPS) is 23.6. The van der Waals surface area contributed by atoms with Gasteiger partial charge < -0.3 is 9.30 Å². The molecular weight excluding hydrogens is 260 g/mol. The number of rotatable bonds is 4. The summed E-state index contributed by atoms with van der Waals surface area (Å²) in [7, 11) is 1.69. The van der Waals surface area contributed by atoms with Crippen molar-refractivity contribution in [3.8, 4) is 5.75 Å². The Morgan fingerprint density at radius 2 is 2.32 bits per heavy atom. The summed E-state index contributed by atoms with van der Waals surface area (Å²) in [6.07, 6.45) is 2.44. The molecule has 0 bridgehead atoms. The molecule has 0 saturated heterocycles. The number of hydrogen-bond acceptors (Lipinski definition) is 2. The number of halogens is 1. The number of aromatic nitrogens is 2. The zero-order valence-corrected chi connectivity index (χ0v) is 12.3. The van der Waals surface area contributed by atoms with Gasteiger partial charge in [-0.15, -0.1) is 11.6 Å². The fraction of sp³-hybridized carbons (Fsp3) is 0.533. The number of hydrogen-bond donors (Lipinski definition) is 0. The van der Waals surface area contributed by atoms with Gasteiger partial charge in [0.05, 0.1) is 23.5 Å². The van der Waals surface area contributed by atoms with Crippen LogP contribution in [0.5, 0.6) is 5.75 Å². The van der Waals surface area contributed by atoms with E-state index >= 15 is 0 Å². The number of methoxy groups -OCH3 is 1. The molecule has 1 aromatic heterocycles. The molecule has 0 amide bonds. The molecule has 3 atom stereocenters. The van der Waals surface area contributed by atoms with Crippen molar-refractivity contribution in [3.05, 3.63) is 24.0 Å². The lowest BCUT2D eigenvalue weighted by atomic mass is 10.2. The summed E-state index contributed by atoms with van der Waals surface area (Å²) in [6.45, 7) is 4.23. The van der Waals surface area contributed by atoms with E-state index in [1.165, 1.54) is 12.8 Å². The Kier molecular flexibility index (Phi) is 3.17. The molecule has 3 nitrogen and oxygen atoms in total. The maximum atomic E-state index is 6.30. The quantitative estimate of drug-likeness (QED) is 0.779. The topological polar surface area (TPSA) is 27.1 Å². The van der Waals surface area contributed by atoms with Gasteiger partial charge in [-0.25, -0.2) is 4.98 Å². The molecule has 0 spiro atoms. The van der Waals surface area contributed by atoms with Gasteiger partial charge >= 0.3 is 0 Å². The standard InChI is InChI=1S/C15H19ClN2O/c1-4-10-7-13(10)18-14-8-11(19-3)5-6-12(14)17-15(18)9(2)16/h5-6,8-10,13H,4,7H2,1-3H3. The van der Waals surface area contributed by atoms with E-state index in [1.54, 1.807) is 7.11 Å². The highest BCUT2D eigenvalue weighted by atomic mass is 35.5. The van der Waals surface area contributed by atoms with Crippen molar-refractivity contribution in [2.24, 2.45) is 5.92 Å². The van der Waals surface area contributed by atoms with Gasteiger partial charge in [-0.05, 0) is 31.4 Å². The smallest absolute Gasteiger partial charge is 0.127 e. The predicted molar refractivity (Wildman–Crippen MR) is 78.0 cm³/mol. The second-order valence-corrected chi connectivity index (χ2v) is 5.94.